The Balaban J connectivity index is 2.41. The quantitative estimate of drug-likeness (QED) is 0.272. The molecule has 33 heavy (non-hydrogen) atoms. The van der Waals surface area contributed by atoms with E-state index in [0.29, 0.717) is 10.0 Å². The SMILES string of the molecule is CCCCN(C(=S)N(CCCC)c1ccc(Cl)cc1)C(=S)N(CCCC)c1ccc(Cl)cc1. The molecule has 0 aliphatic heterocycles. The average Bonchev–Trinajstić information content (AvgIpc) is 2.82. The zero-order chi connectivity index (χ0) is 24.2. The van der Waals surface area contributed by atoms with Gasteiger partial charge in [0, 0.05) is 41.1 Å². The van der Waals surface area contributed by atoms with Crippen LogP contribution in [0.3, 0.4) is 0 Å². The van der Waals surface area contributed by atoms with Crippen molar-refractivity contribution in [2.75, 3.05) is 29.4 Å². The van der Waals surface area contributed by atoms with Crippen LogP contribution in [0.1, 0.15) is 59.3 Å². The molecule has 0 bridgehead atoms. The van der Waals surface area contributed by atoms with Crippen molar-refractivity contribution in [1.82, 2.24) is 4.90 Å². The van der Waals surface area contributed by atoms with Crippen LogP contribution < -0.4 is 9.80 Å². The number of unbranched alkanes of at least 4 members (excludes halogenated alkanes) is 3. The van der Waals surface area contributed by atoms with E-state index in [1.54, 1.807) is 0 Å². The molecule has 0 N–H and O–H groups in total. The molecule has 3 nitrogen and oxygen atoms in total. The van der Waals surface area contributed by atoms with E-state index in [0.717, 1.165) is 79.8 Å². The van der Waals surface area contributed by atoms with Crippen molar-refractivity contribution in [2.45, 2.75) is 59.3 Å². The fourth-order valence-electron chi connectivity index (χ4n) is 3.43. The normalized spacial score (nSPS) is 10.7. The highest BCUT2D eigenvalue weighted by Gasteiger charge is 2.25. The molecule has 0 aliphatic carbocycles. The minimum atomic E-state index is 0.715. The molecular weight excluding hydrogens is 489 g/mol. The number of rotatable bonds is 11. The Bertz CT molecular complexity index is 803. The molecule has 0 fully saturated rings. The second-order valence-corrected chi connectivity index (χ2v) is 9.64. The van der Waals surface area contributed by atoms with Crippen LogP contribution >= 0.6 is 47.6 Å². The van der Waals surface area contributed by atoms with Crippen LogP contribution in [0.4, 0.5) is 11.4 Å². The van der Waals surface area contributed by atoms with Crippen LogP contribution in [0, 0.1) is 0 Å². The van der Waals surface area contributed by atoms with Crippen LogP contribution in [0.15, 0.2) is 48.5 Å². The number of anilines is 2. The van der Waals surface area contributed by atoms with Crippen molar-refractivity contribution in [3.63, 3.8) is 0 Å². The predicted octanol–water partition coefficient (Wildman–Crippen LogP) is 8.58. The molecule has 2 aromatic rings. The van der Waals surface area contributed by atoms with E-state index in [1.807, 2.05) is 48.5 Å². The van der Waals surface area contributed by atoms with E-state index in [9.17, 15) is 0 Å². The Morgan fingerprint density at radius 2 is 0.939 bits per heavy atom. The summed E-state index contributed by atoms with van der Waals surface area (Å²) in [5.74, 6) is 0. The first-order valence-electron chi connectivity index (χ1n) is 11.8. The van der Waals surface area contributed by atoms with Gasteiger partial charge in [0.15, 0.2) is 10.2 Å². The van der Waals surface area contributed by atoms with Crippen LogP contribution in [-0.4, -0.2) is 34.8 Å². The zero-order valence-corrected chi connectivity index (χ0v) is 23.0. The van der Waals surface area contributed by atoms with E-state index in [4.69, 9.17) is 47.6 Å². The first kappa shape index (κ1) is 27.8. The molecule has 7 heteroatoms. The highest BCUT2D eigenvalue weighted by Crippen LogP contribution is 2.24. The third kappa shape index (κ3) is 8.40. The standard InChI is InChI=1S/C26H35Cl2N3S2/c1-4-7-18-29(23-14-10-21(27)11-15-23)25(32)31(20-9-6-3)26(33)30(19-8-5-2)24-16-12-22(28)13-17-24/h10-17H,4-9,18-20H2,1-3H3. The molecule has 0 aromatic heterocycles. The van der Waals surface area contributed by atoms with Crippen molar-refractivity contribution in [1.29, 1.82) is 0 Å². The average molecular weight is 525 g/mol. The molecule has 0 atom stereocenters. The number of hydrogen-bond donors (Lipinski definition) is 0. The van der Waals surface area contributed by atoms with E-state index in [-0.39, 0.29) is 0 Å². The number of nitrogens with zero attached hydrogens (tertiary/aromatic N) is 3. The monoisotopic (exact) mass is 523 g/mol. The van der Waals surface area contributed by atoms with Crippen LogP contribution in [0.5, 0.6) is 0 Å². The number of benzene rings is 2. The molecule has 2 aromatic carbocycles. The fraction of sp³-hybridized carbons (Fsp3) is 0.462. The molecular formula is C26H35Cl2N3S2. The molecule has 0 saturated carbocycles. The highest BCUT2D eigenvalue weighted by molar-refractivity contribution is 7.82. The van der Waals surface area contributed by atoms with Gasteiger partial charge >= 0.3 is 0 Å². The number of halogens is 2. The molecule has 180 valence electrons. The second kappa shape index (κ2) is 14.8. The van der Waals surface area contributed by atoms with Crippen LogP contribution in [0.25, 0.3) is 0 Å². The van der Waals surface area contributed by atoms with Crippen LogP contribution in [0.2, 0.25) is 10.0 Å². The van der Waals surface area contributed by atoms with Gasteiger partial charge in [0.05, 0.1) is 0 Å². The summed E-state index contributed by atoms with van der Waals surface area (Å²) < 4.78 is 0. The first-order chi connectivity index (χ1) is 15.9. The van der Waals surface area contributed by atoms with Gasteiger partial charge in [-0.15, -0.1) is 0 Å². The largest absolute Gasteiger partial charge is 0.319 e. The number of hydrogen-bond acceptors (Lipinski definition) is 2. The Kier molecular flexibility index (Phi) is 12.5. The summed E-state index contributed by atoms with van der Waals surface area (Å²) in [6.07, 6.45) is 6.30. The lowest BCUT2D eigenvalue weighted by Gasteiger charge is -2.38. The lowest BCUT2D eigenvalue weighted by molar-refractivity contribution is 0.559. The maximum atomic E-state index is 6.15. The van der Waals surface area contributed by atoms with Gasteiger partial charge in [-0.25, -0.2) is 0 Å². The van der Waals surface area contributed by atoms with Crippen molar-refractivity contribution in [3.05, 3.63) is 58.6 Å². The van der Waals surface area contributed by atoms with E-state index < -0.39 is 0 Å². The molecule has 0 saturated heterocycles. The lowest BCUT2D eigenvalue weighted by atomic mass is 10.2. The molecule has 2 rings (SSSR count). The van der Waals surface area contributed by atoms with Crippen LogP contribution in [-0.2, 0) is 0 Å². The highest BCUT2D eigenvalue weighted by atomic mass is 35.5. The van der Waals surface area contributed by atoms with E-state index >= 15 is 0 Å². The molecule has 0 heterocycles. The molecule has 0 radical (unpaired) electrons. The predicted molar refractivity (Wildman–Crippen MR) is 154 cm³/mol. The summed E-state index contributed by atoms with van der Waals surface area (Å²) in [6.45, 7) is 9.01. The Morgan fingerprint density at radius 3 is 1.27 bits per heavy atom. The Labute approximate surface area is 220 Å². The van der Waals surface area contributed by atoms with E-state index in [2.05, 4.69) is 35.5 Å². The third-order valence-corrected chi connectivity index (χ3v) is 6.79. The van der Waals surface area contributed by atoms with Crippen molar-refractivity contribution >= 4 is 69.2 Å². The van der Waals surface area contributed by atoms with Gasteiger partial charge in [-0.3, -0.25) is 4.90 Å². The summed E-state index contributed by atoms with van der Waals surface area (Å²) in [7, 11) is 0. The molecule has 0 amide bonds. The summed E-state index contributed by atoms with van der Waals surface area (Å²) in [5.41, 5.74) is 2.07. The molecule has 0 aliphatic rings. The zero-order valence-electron chi connectivity index (χ0n) is 19.9. The maximum absolute atomic E-state index is 6.15. The second-order valence-electron chi connectivity index (χ2n) is 8.03. The van der Waals surface area contributed by atoms with Gasteiger partial charge in [0.1, 0.15) is 0 Å². The molecule has 0 spiro atoms. The summed E-state index contributed by atoms with van der Waals surface area (Å²) >= 11 is 24.5. The van der Waals surface area contributed by atoms with Crippen molar-refractivity contribution in [2.24, 2.45) is 0 Å². The van der Waals surface area contributed by atoms with Gasteiger partial charge in [-0.05, 0) is 92.2 Å². The van der Waals surface area contributed by atoms with Gasteiger partial charge in [0.25, 0.3) is 0 Å². The summed E-state index contributed by atoms with van der Waals surface area (Å²) in [4.78, 5) is 6.51. The fourth-order valence-corrected chi connectivity index (χ4v) is 4.48. The third-order valence-electron chi connectivity index (χ3n) is 5.41. The summed E-state index contributed by atoms with van der Waals surface area (Å²) in [6, 6.07) is 15.8. The maximum Gasteiger partial charge on any atom is 0.182 e. The van der Waals surface area contributed by atoms with Crippen molar-refractivity contribution in [3.8, 4) is 0 Å². The van der Waals surface area contributed by atoms with Gasteiger partial charge < -0.3 is 9.80 Å². The minimum absolute atomic E-state index is 0.715. The Morgan fingerprint density at radius 1 is 0.606 bits per heavy atom. The van der Waals surface area contributed by atoms with Gasteiger partial charge in [-0.2, -0.15) is 0 Å². The summed E-state index contributed by atoms with van der Waals surface area (Å²) in [5, 5.41) is 2.90. The lowest BCUT2D eigenvalue weighted by Crippen LogP contribution is -2.52. The smallest absolute Gasteiger partial charge is 0.182 e. The Hall–Kier alpha value is -1.40. The van der Waals surface area contributed by atoms with Crippen molar-refractivity contribution < 1.29 is 0 Å². The molecule has 0 unspecified atom stereocenters. The van der Waals surface area contributed by atoms with Gasteiger partial charge in [-0.1, -0.05) is 63.2 Å². The minimum Gasteiger partial charge on any atom is -0.319 e. The topological polar surface area (TPSA) is 9.72 Å². The van der Waals surface area contributed by atoms with Gasteiger partial charge in [0.2, 0.25) is 0 Å². The van der Waals surface area contributed by atoms with E-state index in [1.165, 1.54) is 0 Å². The first-order valence-corrected chi connectivity index (χ1v) is 13.4. The number of thiocarbonyl (C=S) groups is 2.